The number of rotatable bonds is 5. The Hall–Kier alpha value is -2.66. The minimum Gasteiger partial charge on any atom is -0.481 e. The van der Waals surface area contributed by atoms with Crippen LogP contribution in [-0.4, -0.2) is 49.0 Å². The lowest BCUT2D eigenvalue weighted by atomic mass is 10.1. The van der Waals surface area contributed by atoms with Crippen LogP contribution in [0.5, 0.6) is 0 Å². The van der Waals surface area contributed by atoms with Gasteiger partial charge >= 0.3 is 12.1 Å². The van der Waals surface area contributed by atoms with Gasteiger partial charge in [0.2, 0.25) is 10.0 Å². The number of sulfonamides is 1. The monoisotopic (exact) mass is 474 g/mol. The first-order chi connectivity index (χ1) is 14.8. The summed E-state index contributed by atoms with van der Waals surface area (Å²) in [6, 6.07) is 7.22. The zero-order valence-corrected chi connectivity index (χ0v) is 18.1. The third-order valence-electron chi connectivity index (χ3n) is 5.29. The van der Waals surface area contributed by atoms with E-state index in [1.165, 1.54) is 34.6 Å². The number of aliphatic carboxylic acids is 1. The van der Waals surface area contributed by atoms with Crippen molar-refractivity contribution in [2.45, 2.75) is 43.4 Å². The van der Waals surface area contributed by atoms with Crippen molar-refractivity contribution < 1.29 is 35.9 Å². The van der Waals surface area contributed by atoms with Crippen molar-refractivity contribution in [3.8, 4) is 0 Å². The third kappa shape index (κ3) is 4.88. The van der Waals surface area contributed by atoms with Crippen molar-refractivity contribution in [2.24, 2.45) is 0 Å². The van der Waals surface area contributed by atoms with Gasteiger partial charge in [0.15, 0.2) is 0 Å². The predicted octanol–water partition coefficient (Wildman–Crippen LogP) is 3.76. The minimum absolute atomic E-state index is 0.0380. The molecule has 1 N–H and O–H groups in total. The highest BCUT2D eigenvalue weighted by Crippen LogP contribution is 2.34. The second-order valence-electron chi connectivity index (χ2n) is 7.82. The van der Waals surface area contributed by atoms with Crippen molar-refractivity contribution in [3.63, 3.8) is 0 Å². The van der Waals surface area contributed by atoms with Crippen molar-refractivity contribution >= 4 is 21.7 Å². The number of carboxylic acid groups (broad SMARTS) is 1. The fourth-order valence-corrected chi connectivity index (χ4v) is 5.91. The number of piperazine rings is 1. The van der Waals surface area contributed by atoms with Crippen LogP contribution in [0.4, 0.5) is 23.2 Å². The highest BCUT2D eigenvalue weighted by atomic mass is 32.2. The van der Waals surface area contributed by atoms with E-state index in [1.807, 2.05) is 0 Å². The van der Waals surface area contributed by atoms with Gasteiger partial charge in [0.25, 0.3) is 0 Å². The van der Waals surface area contributed by atoms with Gasteiger partial charge in [-0.25, -0.2) is 12.8 Å². The van der Waals surface area contributed by atoms with E-state index in [2.05, 4.69) is 0 Å². The van der Waals surface area contributed by atoms with E-state index >= 15 is 0 Å². The summed E-state index contributed by atoms with van der Waals surface area (Å²) in [4.78, 5) is 12.6. The summed E-state index contributed by atoms with van der Waals surface area (Å²) < 4.78 is 80.3. The Balaban J connectivity index is 1.85. The van der Waals surface area contributed by atoms with Gasteiger partial charge in [0.05, 0.1) is 16.9 Å². The topological polar surface area (TPSA) is 77.9 Å². The molecule has 0 bridgehead atoms. The molecule has 6 nitrogen and oxygen atoms in total. The van der Waals surface area contributed by atoms with E-state index in [9.17, 15) is 30.8 Å². The average molecular weight is 474 g/mol. The SMILES string of the molecule is C[C@@H]1CN(c2ccc(C(F)(F)F)c(F)c2)C[C@H](C)N1S(=O)(=O)c1cccc(CC(=O)O)c1. The third-order valence-corrected chi connectivity index (χ3v) is 7.42. The van der Waals surface area contributed by atoms with Gasteiger partial charge in [-0.1, -0.05) is 12.1 Å². The largest absolute Gasteiger partial charge is 0.481 e. The van der Waals surface area contributed by atoms with Gasteiger partial charge in [-0.3, -0.25) is 4.79 Å². The standard InChI is InChI=1S/C21H22F4N2O4S/c1-13-11-26(16-6-7-18(19(22)10-16)21(23,24)25)12-14(2)27(13)32(30,31)17-5-3-4-15(8-17)9-20(28)29/h3-8,10,13-14H,9,11-12H2,1-2H3,(H,28,29)/t13-,14+. The Labute approximate surface area is 183 Å². The minimum atomic E-state index is -4.80. The molecule has 2 aromatic rings. The average Bonchev–Trinajstić information content (AvgIpc) is 2.65. The summed E-state index contributed by atoms with van der Waals surface area (Å²) in [7, 11) is -3.97. The predicted molar refractivity (Wildman–Crippen MR) is 109 cm³/mol. The highest BCUT2D eigenvalue weighted by Gasteiger charge is 2.39. The van der Waals surface area contributed by atoms with Gasteiger partial charge in [0, 0.05) is 30.9 Å². The summed E-state index contributed by atoms with van der Waals surface area (Å²) in [5.41, 5.74) is -0.780. The van der Waals surface area contributed by atoms with Gasteiger partial charge in [-0.05, 0) is 49.7 Å². The maximum absolute atomic E-state index is 14.0. The van der Waals surface area contributed by atoms with Crippen LogP contribution in [0.3, 0.4) is 0 Å². The number of alkyl halides is 3. The van der Waals surface area contributed by atoms with Gasteiger partial charge < -0.3 is 10.0 Å². The zero-order valence-electron chi connectivity index (χ0n) is 17.3. The lowest BCUT2D eigenvalue weighted by Gasteiger charge is -2.44. The molecule has 1 heterocycles. The number of hydrogen-bond acceptors (Lipinski definition) is 4. The maximum Gasteiger partial charge on any atom is 0.419 e. The summed E-state index contributed by atoms with van der Waals surface area (Å²) in [5.74, 6) is -2.47. The van der Waals surface area contributed by atoms with Crippen LogP contribution in [0.25, 0.3) is 0 Å². The molecule has 0 radical (unpaired) electrons. The Morgan fingerprint density at radius 1 is 1.09 bits per heavy atom. The summed E-state index contributed by atoms with van der Waals surface area (Å²) >= 11 is 0. The van der Waals surface area contributed by atoms with Crippen LogP contribution in [0.1, 0.15) is 25.0 Å². The van der Waals surface area contributed by atoms with Crippen LogP contribution in [0.15, 0.2) is 47.4 Å². The van der Waals surface area contributed by atoms with E-state index < -0.39 is 45.6 Å². The zero-order chi connectivity index (χ0) is 23.8. The number of anilines is 1. The van der Waals surface area contributed by atoms with Gasteiger partial charge in [-0.2, -0.15) is 17.5 Å². The number of nitrogens with zero attached hydrogens (tertiary/aromatic N) is 2. The van der Waals surface area contributed by atoms with Crippen LogP contribution in [0.2, 0.25) is 0 Å². The number of halogens is 4. The lowest BCUT2D eigenvalue weighted by Crippen LogP contribution is -2.58. The molecule has 1 saturated heterocycles. The molecule has 3 rings (SSSR count). The normalized spacial score (nSPS) is 20.4. The molecule has 0 amide bonds. The van der Waals surface area contributed by atoms with E-state index in [0.717, 1.165) is 6.07 Å². The summed E-state index contributed by atoms with van der Waals surface area (Å²) in [5, 5.41) is 8.96. The van der Waals surface area contributed by atoms with E-state index in [1.54, 1.807) is 18.7 Å². The smallest absolute Gasteiger partial charge is 0.419 e. The van der Waals surface area contributed by atoms with Gasteiger partial charge in [-0.15, -0.1) is 0 Å². The molecule has 0 spiro atoms. The molecular weight excluding hydrogens is 452 g/mol. The van der Waals surface area contributed by atoms with Crippen LogP contribution < -0.4 is 4.90 Å². The second kappa shape index (κ2) is 8.70. The van der Waals surface area contributed by atoms with Crippen LogP contribution in [0, 0.1) is 5.82 Å². The quantitative estimate of drug-likeness (QED) is 0.668. The van der Waals surface area contributed by atoms with E-state index in [-0.39, 0.29) is 30.1 Å². The van der Waals surface area contributed by atoms with Crippen molar-refractivity contribution in [2.75, 3.05) is 18.0 Å². The van der Waals surface area contributed by atoms with Crippen molar-refractivity contribution in [3.05, 3.63) is 59.4 Å². The molecule has 174 valence electrons. The first-order valence-electron chi connectivity index (χ1n) is 9.76. The summed E-state index contributed by atoms with van der Waals surface area (Å²) in [6.45, 7) is 3.59. The van der Waals surface area contributed by atoms with E-state index in [4.69, 9.17) is 5.11 Å². The number of benzene rings is 2. The van der Waals surface area contributed by atoms with E-state index in [0.29, 0.717) is 11.6 Å². The molecular formula is C21H22F4N2O4S. The molecule has 32 heavy (non-hydrogen) atoms. The Bertz CT molecular complexity index is 1110. The fourth-order valence-electron chi connectivity index (χ4n) is 4.04. The van der Waals surface area contributed by atoms with Crippen molar-refractivity contribution in [1.82, 2.24) is 4.31 Å². The van der Waals surface area contributed by atoms with Crippen LogP contribution in [-0.2, 0) is 27.4 Å². The molecule has 0 unspecified atom stereocenters. The molecule has 11 heteroatoms. The Kier molecular flexibility index (Phi) is 6.52. The molecule has 1 aliphatic heterocycles. The Morgan fingerprint density at radius 2 is 1.72 bits per heavy atom. The molecule has 1 aliphatic rings. The molecule has 0 aliphatic carbocycles. The number of carboxylic acids is 1. The molecule has 1 fully saturated rings. The highest BCUT2D eigenvalue weighted by molar-refractivity contribution is 7.89. The first-order valence-corrected chi connectivity index (χ1v) is 11.2. The lowest BCUT2D eigenvalue weighted by molar-refractivity contribution is -0.140. The Morgan fingerprint density at radius 3 is 2.25 bits per heavy atom. The molecule has 0 saturated carbocycles. The number of hydrogen-bond donors (Lipinski definition) is 1. The first kappa shape index (κ1) is 24.0. The second-order valence-corrected chi connectivity index (χ2v) is 9.66. The maximum atomic E-state index is 14.0. The number of carbonyl (C=O) groups is 1. The fraction of sp³-hybridized carbons (Fsp3) is 0.381. The molecule has 2 atom stereocenters. The summed E-state index contributed by atoms with van der Waals surface area (Å²) in [6.07, 6.45) is -5.12. The van der Waals surface area contributed by atoms with Gasteiger partial charge in [0.1, 0.15) is 5.82 Å². The molecule has 2 aromatic carbocycles. The van der Waals surface area contributed by atoms with Crippen LogP contribution >= 0.6 is 0 Å². The van der Waals surface area contributed by atoms with Crippen molar-refractivity contribution in [1.29, 1.82) is 0 Å². The molecule has 0 aromatic heterocycles.